The molecule has 18 heavy (non-hydrogen) atoms. The maximum absolute atomic E-state index is 5.47. The van der Waals surface area contributed by atoms with Crippen LogP contribution in [0.5, 0.6) is 5.75 Å². The molecule has 0 aliphatic rings. The van der Waals surface area contributed by atoms with Crippen LogP contribution < -0.4 is 4.74 Å². The molecule has 0 heterocycles. The standard InChI is InChI=1S/C16H25BrO/c1-4-6-11-16(5-2,13-17)12-14-9-7-8-10-15(14)18-3/h7-10H,4-6,11-13H2,1-3H3. The van der Waals surface area contributed by atoms with E-state index < -0.39 is 0 Å². The minimum atomic E-state index is 0.366. The number of ether oxygens (including phenoxy) is 1. The van der Waals surface area contributed by atoms with Gasteiger partial charge >= 0.3 is 0 Å². The second kappa shape index (κ2) is 7.83. The molecule has 0 saturated heterocycles. The van der Waals surface area contributed by atoms with Crippen LogP contribution in [0.3, 0.4) is 0 Å². The van der Waals surface area contributed by atoms with Gasteiger partial charge < -0.3 is 4.74 Å². The molecule has 1 atom stereocenters. The third kappa shape index (κ3) is 4.01. The second-order valence-electron chi connectivity index (χ2n) is 5.08. The molecule has 2 heteroatoms. The van der Waals surface area contributed by atoms with Gasteiger partial charge in [-0.25, -0.2) is 0 Å². The van der Waals surface area contributed by atoms with Crippen LogP contribution in [0, 0.1) is 5.41 Å². The molecule has 1 rings (SSSR count). The molecular weight excluding hydrogens is 288 g/mol. The van der Waals surface area contributed by atoms with E-state index in [0.717, 1.165) is 17.5 Å². The predicted molar refractivity (Wildman–Crippen MR) is 82.7 cm³/mol. The first kappa shape index (κ1) is 15.6. The first-order valence-corrected chi connectivity index (χ1v) is 8.01. The molecule has 102 valence electrons. The van der Waals surface area contributed by atoms with Crippen molar-refractivity contribution in [3.05, 3.63) is 29.8 Å². The lowest BCUT2D eigenvalue weighted by molar-refractivity contribution is 0.279. The Kier molecular flexibility index (Phi) is 6.77. The molecule has 1 nitrogen and oxygen atoms in total. The third-order valence-corrected chi connectivity index (χ3v) is 5.04. The van der Waals surface area contributed by atoms with Gasteiger partial charge in [0.2, 0.25) is 0 Å². The number of para-hydroxylation sites is 1. The van der Waals surface area contributed by atoms with E-state index in [1.807, 2.05) is 6.07 Å². The summed E-state index contributed by atoms with van der Waals surface area (Å²) in [6.45, 7) is 4.56. The first-order chi connectivity index (χ1) is 8.71. The van der Waals surface area contributed by atoms with Gasteiger partial charge in [0.1, 0.15) is 5.75 Å². The number of rotatable bonds is 8. The maximum Gasteiger partial charge on any atom is 0.122 e. The zero-order valence-electron chi connectivity index (χ0n) is 11.8. The molecule has 0 radical (unpaired) electrons. The number of alkyl halides is 1. The van der Waals surface area contributed by atoms with Crippen LogP contribution in [0.2, 0.25) is 0 Å². The van der Waals surface area contributed by atoms with Crippen LogP contribution in [-0.4, -0.2) is 12.4 Å². The molecule has 1 aromatic carbocycles. The van der Waals surface area contributed by atoms with Gasteiger partial charge in [0, 0.05) is 5.33 Å². The van der Waals surface area contributed by atoms with Crippen molar-refractivity contribution in [3.8, 4) is 5.75 Å². The van der Waals surface area contributed by atoms with Gasteiger partial charge in [0.15, 0.2) is 0 Å². The lowest BCUT2D eigenvalue weighted by atomic mass is 9.77. The Balaban J connectivity index is 2.88. The largest absolute Gasteiger partial charge is 0.496 e. The molecule has 0 aliphatic carbocycles. The lowest BCUT2D eigenvalue weighted by Gasteiger charge is -2.31. The molecule has 0 amide bonds. The monoisotopic (exact) mass is 312 g/mol. The van der Waals surface area contributed by atoms with Crippen LogP contribution >= 0.6 is 15.9 Å². The van der Waals surface area contributed by atoms with Gasteiger partial charge in [-0.05, 0) is 36.3 Å². The van der Waals surface area contributed by atoms with E-state index in [0.29, 0.717) is 5.41 Å². The van der Waals surface area contributed by atoms with Crippen LogP contribution in [0.1, 0.15) is 45.1 Å². The normalized spacial score (nSPS) is 14.2. The molecular formula is C16H25BrO. The summed E-state index contributed by atoms with van der Waals surface area (Å²) in [6.07, 6.45) is 6.15. The molecule has 0 fully saturated rings. The summed E-state index contributed by atoms with van der Waals surface area (Å²) in [5.74, 6) is 1.02. The van der Waals surface area contributed by atoms with Gasteiger partial charge in [-0.1, -0.05) is 60.8 Å². The average Bonchev–Trinajstić information content (AvgIpc) is 2.44. The molecule has 0 spiro atoms. The Labute approximate surface area is 120 Å². The van der Waals surface area contributed by atoms with E-state index in [9.17, 15) is 0 Å². The maximum atomic E-state index is 5.47. The van der Waals surface area contributed by atoms with Crippen molar-refractivity contribution in [2.45, 2.75) is 46.0 Å². The van der Waals surface area contributed by atoms with Gasteiger partial charge in [-0.3, -0.25) is 0 Å². The van der Waals surface area contributed by atoms with Gasteiger partial charge in [-0.2, -0.15) is 0 Å². The van der Waals surface area contributed by atoms with Crippen LogP contribution in [0.4, 0.5) is 0 Å². The van der Waals surface area contributed by atoms with Crippen molar-refractivity contribution in [1.82, 2.24) is 0 Å². The lowest BCUT2D eigenvalue weighted by Crippen LogP contribution is -2.25. The van der Waals surface area contributed by atoms with Gasteiger partial charge in [0.05, 0.1) is 7.11 Å². The topological polar surface area (TPSA) is 9.23 Å². The zero-order valence-corrected chi connectivity index (χ0v) is 13.4. The van der Waals surface area contributed by atoms with Crippen LogP contribution in [0.25, 0.3) is 0 Å². The van der Waals surface area contributed by atoms with Crippen molar-refractivity contribution in [1.29, 1.82) is 0 Å². The number of benzene rings is 1. The second-order valence-corrected chi connectivity index (χ2v) is 5.64. The molecule has 0 N–H and O–H groups in total. The highest BCUT2D eigenvalue weighted by atomic mass is 79.9. The minimum Gasteiger partial charge on any atom is -0.496 e. The Hall–Kier alpha value is -0.500. The summed E-state index contributed by atoms with van der Waals surface area (Å²) in [7, 11) is 1.76. The fraction of sp³-hybridized carbons (Fsp3) is 0.625. The molecule has 1 aromatic rings. The average molecular weight is 313 g/mol. The summed E-state index contributed by atoms with van der Waals surface area (Å²) in [4.78, 5) is 0. The van der Waals surface area contributed by atoms with Crippen molar-refractivity contribution in [2.75, 3.05) is 12.4 Å². The Morgan fingerprint density at radius 2 is 1.94 bits per heavy atom. The van der Waals surface area contributed by atoms with Gasteiger partial charge in [0.25, 0.3) is 0 Å². The molecule has 0 aliphatic heterocycles. The molecule has 0 aromatic heterocycles. The van der Waals surface area contributed by atoms with Crippen LogP contribution in [-0.2, 0) is 6.42 Å². The Bertz CT molecular complexity index is 345. The Morgan fingerprint density at radius 1 is 1.22 bits per heavy atom. The van der Waals surface area contributed by atoms with Crippen molar-refractivity contribution in [3.63, 3.8) is 0 Å². The van der Waals surface area contributed by atoms with E-state index in [1.165, 1.54) is 31.2 Å². The Morgan fingerprint density at radius 3 is 2.50 bits per heavy atom. The highest BCUT2D eigenvalue weighted by Crippen LogP contribution is 2.37. The zero-order chi connectivity index (χ0) is 13.4. The van der Waals surface area contributed by atoms with Crippen molar-refractivity contribution < 1.29 is 4.74 Å². The molecule has 1 unspecified atom stereocenters. The van der Waals surface area contributed by atoms with E-state index >= 15 is 0 Å². The number of halogens is 1. The fourth-order valence-corrected chi connectivity index (χ4v) is 3.28. The summed E-state index contributed by atoms with van der Waals surface area (Å²) in [5, 5.41) is 1.06. The fourth-order valence-electron chi connectivity index (χ4n) is 2.40. The number of methoxy groups -OCH3 is 1. The summed E-state index contributed by atoms with van der Waals surface area (Å²) >= 11 is 3.73. The SMILES string of the molecule is CCCCC(CC)(CBr)Cc1ccccc1OC. The third-order valence-electron chi connectivity index (χ3n) is 3.85. The van der Waals surface area contributed by atoms with Gasteiger partial charge in [-0.15, -0.1) is 0 Å². The first-order valence-electron chi connectivity index (χ1n) is 6.89. The van der Waals surface area contributed by atoms with E-state index in [2.05, 4.69) is 48.0 Å². The van der Waals surface area contributed by atoms with E-state index in [1.54, 1.807) is 7.11 Å². The molecule has 0 bridgehead atoms. The van der Waals surface area contributed by atoms with E-state index in [4.69, 9.17) is 4.74 Å². The van der Waals surface area contributed by atoms with Crippen LogP contribution in [0.15, 0.2) is 24.3 Å². The number of hydrogen-bond donors (Lipinski definition) is 0. The summed E-state index contributed by atoms with van der Waals surface area (Å²) in [6, 6.07) is 8.39. The highest BCUT2D eigenvalue weighted by Gasteiger charge is 2.27. The quantitative estimate of drug-likeness (QED) is 0.598. The summed E-state index contributed by atoms with van der Waals surface area (Å²) < 4.78 is 5.47. The van der Waals surface area contributed by atoms with E-state index in [-0.39, 0.29) is 0 Å². The number of unbranched alkanes of at least 4 members (excludes halogenated alkanes) is 1. The smallest absolute Gasteiger partial charge is 0.122 e. The summed E-state index contributed by atoms with van der Waals surface area (Å²) in [5.41, 5.74) is 1.70. The van der Waals surface area contributed by atoms with Crippen molar-refractivity contribution >= 4 is 15.9 Å². The van der Waals surface area contributed by atoms with Crippen molar-refractivity contribution in [2.24, 2.45) is 5.41 Å². The number of hydrogen-bond acceptors (Lipinski definition) is 1. The predicted octanol–water partition coefficient (Wildman–Crippen LogP) is 5.22. The minimum absolute atomic E-state index is 0.366. The highest BCUT2D eigenvalue weighted by molar-refractivity contribution is 9.09. The molecule has 0 saturated carbocycles.